The van der Waals surface area contributed by atoms with Crippen molar-refractivity contribution in [1.29, 1.82) is 0 Å². The van der Waals surface area contributed by atoms with E-state index in [1.165, 1.54) is 38.1 Å². The number of hydrogen-bond acceptors (Lipinski definition) is 3. The second-order valence-electron chi connectivity index (χ2n) is 13.7. The maximum absolute atomic E-state index is 6.71. The molecule has 1 fully saturated rings. The number of rotatable bonds is 3. The Kier molecular flexibility index (Phi) is 6.15. The molecule has 1 aliphatic rings. The fourth-order valence-electron chi connectivity index (χ4n) is 7.51. The van der Waals surface area contributed by atoms with Gasteiger partial charge in [0.1, 0.15) is 0 Å². The van der Waals surface area contributed by atoms with Crippen molar-refractivity contribution in [3.8, 4) is 22.4 Å². The van der Waals surface area contributed by atoms with Crippen molar-refractivity contribution < 1.29 is 9.31 Å². The van der Waals surface area contributed by atoms with Crippen LogP contribution in [0.2, 0.25) is 0 Å². The molecule has 2 heterocycles. The van der Waals surface area contributed by atoms with Crippen LogP contribution >= 0.6 is 0 Å². The summed E-state index contributed by atoms with van der Waals surface area (Å²) >= 11 is 0. The van der Waals surface area contributed by atoms with Gasteiger partial charge < -0.3 is 9.31 Å². The van der Waals surface area contributed by atoms with Crippen LogP contribution in [0.3, 0.4) is 0 Å². The minimum Gasteiger partial charge on any atom is -0.399 e. The molecule has 0 atom stereocenters. The molecule has 47 heavy (non-hydrogen) atoms. The Bertz CT molecular complexity index is 2460. The first kappa shape index (κ1) is 28.2. The number of nitrogens with zero attached hydrogens (tertiary/aromatic N) is 1. The molecule has 0 spiro atoms. The van der Waals surface area contributed by atoms with E-state index in [1.807, 2.05) is 0 Å². The van der Waals surface area contributed by atoms with Crippen LogP contribution in [0.1, 0.15) is 27.7 Å². The number of fused-ring (bicyclic) bond motifs is 7. The van der Waals surface area contributed by atoms with Gasteiger partial charge in [-0.15, -0.1) is 0 Å². The van der Waals surface area contributed by atoms with E-state index in [-0.39, 0.29) is 0 Å². The van der Waals surface area contributed by atoms with Gasteiger partial charge in [0.25, 0.3) is 0 Å². The molecule has 1 aromatic heterocycles. The minimum atomic E-state index is -0.488. The standard InChI is InChI=1S/C43H34BNO2/c1-42(2)43(3,4)47-44(46-42)40-32-22-12-10-20-30(32)38(31-21-11-13-23-33(31)40)35-26-36-39(29-19-9-8-18-28(29)35)34-24-14-15-25-37(34)45-41(36)27-16-6-5-7-17-27/h5-26H,1-4H3. The van der Waals surface area contributed by atoms with E-state index in [9.17, 15) is 0 Å². The van der Waals surface area contributed by atoms with Crippen molar-refractivity contribution in [3.05, 3.63) is 133 Å². The highest BCUT2D eigenvalue weighted by Crippen LogP contribution is 2.46. The van der Waals surface area contributed by atoms with E-state index < -0.39 is 18.3 Å². The summed E-state index contributed by atoms with van der Waals surface area (Å²) in [6, 6.07) is 47.8. The summed E-state index contributed by atoms with van der Waals surface area (Å²) in [6.45, 7) is 8.48. The molecular weight excluding hydrogens is 573 g/mol. The van der Waals surface area contributed by atoms with E-state index in [1.54, 1.807) is 0 Å². The lowest BCUT2D eigenvalue weighted by Crippen LogP contribution is -2.41. The molecule has 0 saturated carbocycles. The van der Waals surface area contributed by atoms with Crippen LogP contribution in [0.15, 0.2) is 133 Å². The summed E-state index contributed by atoms with van der Waals surface area (Å²) in [5.74, 6) is 0. The first-order chi connectivity index (χ1) is 22.8. The highest BCUT2D eigenvalue weighted by Gasteiger charge is 2.52. The Labute approximate surface area is 274 Å². The third-order valence-corrected chi connectivity index (χ3v) is 10.5. The molecule has 8 aromatic rings. The summed E-state index contributed by atoms with van der Waals surface area (Å²) in [6.07, 6.45) is 0. The van der Waals surface area contributed by atoms with Crippen molar-refractivity contribution in [3.63, 3.8) is 0 Å². The van der Waals surface area contributed by atoms with Crippen LogP contribution in [0.5, 0.6) is 0 Å². The van der Waals surface area contributed by atoms with E-state index in [0.29, 0.717) is 0 Å². The second kappa shape index (κ2) is 10.2. The summed E-state index contributed by atoms with van der Waals surface area (Å²) in [7, 11) is -0.488. The summed E-state index contributed by atoms with van der Waals surface area (Å²) in [5, 5.41) is 10.6. The van der Waals surface area contributed by atoms with Crippen molar-refractivity contribution in [2.75, 3.05) is 0 Å². The molecule has 9 rings (SSSR count). The lowest BCUT2D eigenvalue weighted by molar-refractivity contribution is 0.00578. The lowest BCUT2D eigenvalue weighted by atomic mass is 9.71. The minimum absolute atomic E-state index is 0.448. The number of hydrogen-bond donors (Lipinski definition) is 0. The summed E-state index contributed by atoms with van der Waals surface area (Å²) in [5.41, 5.74) is 5.69. The van der Waals surface area contributed by atoms with E-state index >= 15 is 0 Å². The Balaban J connectivity index is 1.45. The zero-order valence-electron chi connectivity index (χ0n) is 27.0. The zero-order valence-corrected chi connectivity index (χ0v) is 27.0. The molecule has 4 heteroatoms. The Hall–Kier alpha value is -5.03. The van der Waals surface area contributed by atoms with Crippen LogP contribution in [-0.4, -0.2) is 23.3 Å². The monoisotopic (exact) mass is 607 g/mol. The predicted octanol–water partition coefficient (Wildman–Crippen LogP) is 10.5. The SMILES string of the molecule is CC1(C)OB(c2c3ccccc3c(-c3cc4c(-c5ccccc5)nc5ccccc5c4c4ccccc34)c3ccccc23)OC1(C)C. The van der Waals surface area contributed by atoms with Gasteiger partial charge in [-0.1, -0.05) is 121 Å². The van der Waals surface area contributed by atoms with Gasteiger partial charge in [-0.25, -0.2) is 4.98 Å². The van der Waals surface area contributed by atoms with Crippen molar-refractivity contribution in [2.45, 2.75) is 38.9 Å². The van der Waals surface area contributed by atoms with Crippen molar-refractivity contribution >= 4 is 66.6 Å². The number of aromatic nitrogens is 1. The largest absolute Gasteiger partial charge is 0.496 e. The van der Waals surface area contributed by atoms with Gasteiger partial charge in [0.2, 0.25) is 0 Å². The van der Waals surface area contributed by atoms with E-state index in [4.69, 9.17) is 14.3 Å². The fraction of sp³-hybridized carbons (Fsp3) is 0.140. The molecule has 0 aliphatic carbocycles. The molecule has 1 aliphatic heterocycles. The average Bonchev–Trinajstić information content (AvgIpc) is 3.31. The summed E-state index contributed by atoms with van der Waals surface area (Å²) < 4.78 is 13.4. The molecule has 0 N–H and O–H groups in total. The highest BCUT2D eigenvalue weighted by atomic mass is 16.7. The number of para-hydroxylation sites is 1. The molecule has 226 valence electrons. The molecular formula is C43H34BNO2. The van der Waals surface area contributed by atoms with Gasteiger partial charge in [0, 0.05) is 21.7 Å². The molecule has 0 bridgehead atoms. The van der Waals surface area contributed by atoms with Crippen molar-refractivity contribution in [1.82, 2.24) is 4.98 Å². The van der Waals surface area contributed by atoms with Gasteiger partial charge in [-0.05, 0) is 88.7 Å². The van der Waals surface area contributed by atoms with Crippen LogP contribution in [-0.2, 0) is 9.31 Å². The van der Waals surface area contributed by atoms with Gasteiger partial charge in [0.15, 0.2) is 0 Å². The van der Waals surface area contributed by atoms with E-state index in [0.717, 1.165) is 43.8 Å². The normalized spacial score (nSPS) is 15.8. The molecule has 3 nitrogen and oxygen atoms in total. The average molecular weight is 608 g/mol. The van der Waals surface area contributed by atoms with Crippen LogP contribution in [0, 0.1) is 0 Å². The zero-order chi connectivity index (χ0) is 31.9. The molecule has 0 radical (unpaired) electrons. The third kappa shape index (κ3) is 4.18. The fourth-order valence-corrected chi connectivity index (χ4v) is 7.51. The van der Waals surface area contributed by atoms with Crippen molar-refractivity contribution in [2.24, 2.45) is 0 Å². The maximum atomic E-state index is 6.71. The Morgan fingerprint density at radius 1 is 0.489 bits per heavy atom. The van der Waals surface area contributed by atoms with Gasteiger partial charge in [0.05, 0.1) is 22.4 Å². The molecule has 0 unspecified atom stereocenters. The smallest absolute Gasteiger partial charge is 0.399 e. The van der Waals surface area contributed by atoms with Crippen LogP contribution in [0.25, 0.3) is 76.4 Å². The first-order valence-electron chi connectivity index (χ1n) is 16.4. The van der Waals surface area contributed by atoms with Gasteiger partial charge in [-0.3, -0.25) is 0 Å². The first-order valence-corrected chi connectivity index (χ1v) is 16.4. The number of pyridine rings is 1. The lowest BCUT2D eigenvalue weighted by Gasteiger charge is -2.32. The van der Waals surface area contributed by atoms with Gasteiger partial charge in [-0.2, -0.15) is 0 Å². The highest BCUT2D eigenvalue weighted by molar-refractivity contribution is 6.69. The Morgan fingerprint density at radius 2 is 0.979 bits per heavy atom. The predicted molar refractivity (Wildman–Crippen MR) is 198 cm³/mol. The van der Waals surface area contributed by atoms with Crippen LogP contribution < -0.4 is 5.46 Å². The molecule has 0 amide bonds. The molecule has 1 saturated heterocycles. The third-order valence-electron chi connectivity index (χ3n) is 10.5. The topological polar surface area (TPSA) is 31.4 Å². The number of benzene rings is 7. The molecule has 7 aromatic carbocycles. The second-order valence-corrected chi connectivity index (χ2v) is 13.7. The summed E-state index contributed by atoms with van der Waals surface area (Å²) in [4.78, 5) is 5.30. The quantitative estimate of drug-likeness (QED) is 0.114. The Morgan fingerprint density at radius 3 is 1.60 bits per heavy atom. The van der Waals surface area contributed by atoms with Gasteiger partial charge >= 0.3 is 7.12 Å². The van der Waals surface area contributed by atoms with E-state index in [2.05, 4.69) is 161 Å². The van der Waals surface area contributed by atoms with Crippen LogP contribution in [0.4, 0.5) is 0 Å². The maximum Gasteiger partial charge on any atom is 0.496 e.